The predicted octanol–water partition coefficient (Wildman–Crippen LogP) is 7.33. The Morgan fingerprint density at radius 1 is 0.873 bits per heavy atom. The number of rotatable bonds is 18. The van der Waals surface area contributed by atoms with Crippen LogP contribution in [0.15, 0.2) is 15.9 Å². The minimum Gasteiger partial charge on any atom is -0.487 e. The lowest BCUT2D eigenvalue weighted by Crippen LogP contribution is -2.37. The number of imidazole rings is 1. The molecule has 3 aromatic rings. The highest BCUT2D eigenvalue weighted by Gasteiger charge is 2.35. The first-order chi connectivity index (χ1) is 25.9. The zero-order valence-corrected chi connectivity index (χ0v) is 35.5. The molecule has 55 heavy (non-hydrogen) atoms. The quantitative estimate of drug-likeness (QED) is 0.104. The largest absolute Gasteiger partial charge is 0.487 e. The normalized spacial score (nSPS) is 16.2. The Balaban J connectivity index is 0.000000480. The van der Waals surface area contributed by atoms with Gasteiger partial charge < -0.3 is 23.9 Å². The molecule has 0 radical (unpaired) electrons. The summed E-state index contributed by atoms with van der Waals surface area (Å²) < 4.78 is 21.3. The molecule has 3 heterocycles. The standard InChI is InChI=1S/C35H58O6.C8H10N4O2/c1-24(2)12-9-13-25(3)14-10-15-26(4)16-11-20-35(8)21-19-30-29(7)33(27(5)28(6)34(30)41-35)40-32(38)18-17-31(37)39-23-22-36;1-10-4-9-6-5(10)7(13)12(3)8(14)11(6)2/h24-26,36H,9-23H2,1-8H3;4H,1-3H3. The number of aryl methyl sites for hydroxylation is 2. The molecular formula is C43H68N4O8. The van der Waals surface area contributed by atoms with Gasteiger partial charge >= 0.3 is 17.6 Å². The average molecular weight is 769 g/mol. The second kappa shape index (κ2) is 20.8. The second-order valence-electron chi connectivity index (χ2n) is 16.6. The summed E-state index contributed by atoms with van der Waals surface area (Å²) in [4.78, 5) is 51.3. The molecule has 12 heteroatoms. The lowest BCUT2D eigenvalue weighted by atomic mass is 9.83. The molecule has 0 spiro atoms. The van der Waals surface area contributed by atoms with Crippen LogP contribution in [0.5, 0.6) is 11.5 Å². The number of benzene rings is 1. The van der Waals surface area contributed by atoms with Crippen LogP contribution in [-0.2, 0) is 41.9 Å². The molecule has 12 nitrogen and oxygen atoms in total. The van der Waals surface area contributed by atoms with E-state index in [4.69, 9.17) is 19.3 Å². The maximum Gasteiger partial charge on any atom is 0.332 e. The molecule has 0 bridgehead atoms. The van der Waals surface area contributed by atoms with Crippen LogP contribution < -0.4 is 20.7 Å². The number of ether oxygens (including phenoxy) is 3. The van der Waals surface area contributed by atoms with Crippen LogP contribution in [0.2, 0.25) is 0 Å². The molecule has 1 aliphatic rings. The van der Waals surface area contributed by atoms with Gasteiger partial charge in [-0.05, 0) is 87.8 Å². The topological polar surface area (TPSA) is 144 Å². The number of aromatic nitrogens is 4. The van der Waals surface area contributed by atoms with Gasteiger partial charge in [-0.15, -0.1) is 0 Å². The monoisotopic (exact) mass is 769 g/mol. The first kappa shape index (κ1) is 45.5. The Morgan fingerprint density at radius 2 is 1.47 bits per heavy atom. The van der Waals surface area contributed by atoms with E-state index in [2.05, 4.69) is 39.6 Å². The summed E-state index contributed by atoms with van der Waals surface area (Å²) in [5, 5.41) is 8.76. The van der Waals surface area contributed by atoms with Crippen LogP contribution in [0.3, 0.4) is 0 Å². The molecule has 1 aromatic carbocycles. The second-order valence-corrected chi connectivity index (χ2v) is 16.6. The van der Waals surface area contributed by atoms with E-state index in [1.807, 2.05) is 20.8 Å². The van der Waals surface area contributed by atoms with Crippen molar-refractivity contribution in [2.24, 2.45) is 38.9 Å². The maximum absolute atomic E-state index is 12.5. The highest BCUT2D eigenvalue weighted by Crippen LogP contribution is 2.45. The Labute approximate surface area is 327 Å². The van der Waals surface area contributed by atoms with Crippen LogP contribution >= 0.6 is 0 Å². The fraction of sp³-hybridized carbons (Fsp3) is 0.698. The van der Waals surface area contributed by atoms with Gasteiger partial charge in [0.2, 0.25) is 0 Å². The molecule has 0 fully saturated rings. The summed E-state index contributed by atoms with van der Waals surface area (Å²) >= 11 is 0. The van der Waals surface area contributed by atoms with Gasteiger partial charge in [-0.3, -0.25) is 23.5 Å². The van der Waals surface area contributed by atoms with Crippen LogP contribution in [0, 0.1) is 38.5 Å². The Bertz CT molecular complexity index is 1870. The molecule has 0 saturated carbocycles. The van der Waals surface area contributed by atoms with Gasteiger partial charge in [0.25, 0.3) is 5.56 Å². The first-order valence-electron chi connectivity index (χ1n) is 20.3. The van der Waals surface area contributed by atoms with E-state index in [1.165, 1.54) is 69.3 Å². The number of aliphatic hydroxyl groups excluding tert-OH is 1. The fourth-order valence-corrected chi connectivity index (χ4v) is 7.48. The van der Waals surface area contributed by atoms with Crippen molar-refractivity contribution in [2.75, 3.05) is 13.2 Å². The number of aliphatic hydroxyl groups is 1. The number of fused-ring (bicyclic) bond motifs is 2. The molecule has 1 aliphatic heterocycles. The molecule has 1 N–H and O–H groups in total. The van der Waals surface area contributed by atoms with Crippen LogP contribution in [0.25, 0.3) is 11.2 Å². The van der Waals surface area contributed by atoms with Gasteiger partial charge in [0.15, 0.2) is 11.2 Å². The van der Waals surface area contributed by atoms with Crippen molar-refractivity contribution in [3.05, 3.63) is 49.4 Å². The molecule has 4 rings (SSSR count). The Kier molecular flexibility index (Phi) is 17.2. The van der Waals surface area contributed by atoms with Gasteiger partial charge in [-0.25, -0.2) is 9.78 Å². The van der Waals surface area contributed by atoms with Gasteiger partial charge in [-0.2, -0.15) is 0 Å². The summed E-state index contributed by atoms with van der Waals surface area (Å²) in [6.07, 6.45) is 14.8. The summed E-state index contributed by atoms with van der Waals surface area (Å²) in [7, 11) is 4.77. The maximum atomic E-state index is 12.5. The highest BCUT2D eigenvalue weighted by molar-refractivity contribution is 5.80. The fourth-order valence-electron chi connectivity index (χ4n) is 7.48. The molecular weight excluding hydrogens is 700 g/mol. The molecule has 0 amide bonds. The number of nitrogens with zero attached hydrogens (tertiary/aromatic N) is 4. The zero-order valence-electron chi connectivity index (χ0n) is 35.5. The molecule has 3 atom stereocenters. The van der Waals surface area contributed by atoms with Crippen molar-refractivity contribution in [2.45, 2.75) is 144 Å². The van der Waals surface area contributed by atoms with Gasteiger partial charge in [-0.1, -0.05) is 72.6 Å². The first-order valence-corrected chi connectivity index (χ1v) is 20.3. The van der Waals surface area contributed by atoms with E-state index in [0.29, 0.717) is 16.9 Å². The van der Waals surface area contributed by atoms with E-state index in [-0.39, 0.29) is 42.9 Å². The van der Waals surface area contributed by atoms with Crippen molar-refractivity contribution >= 4 is 23.1 Å². The van der Waals surface area contributed by atoms with Gasteiger partial charge in [0, 0.05) is 26.7 Å². The van der Waals surface area contributed by atoms with Gasteiger partial charge in [0.05, 0.1) is 25.8 Å². The van der Waals surface area contributed by atoms with E-state index >= 15 is 0 Å². The number of esters is 2. The third-order valence-electron chi connectivity index (χ3n) is 11.3. The molecule has 2 aromatic heterocycles. The number of carbonyl (C=O) groups excluding carboxylic acids is 2. The Morgan fingerprint density at radius 3 is 2.09 bits per heavy atom. The zero-order chi connectivity index (χ0) is 41.0. The summed E-state index contributed by atoms with van der Waals surface area (Å²) in [5.74, 6) is 2.95. The van der Waals surface area contributed by atoms with Crippen molar-refractivity contribution in [3.8, 4) is 11.5 Å². The highest BCUT2D eigenvalue weighted by atomic mass is 16.5. The van der Waals surface area contributed by atoms with Crippen LogP contribution in [0.1, 0.15) is 134 Å². The number of carbonyl (C=O) groups is 2. The van der Waals surface area contributed by atoms with E-state index in [0.717, 1.165) is 69.6 Å². The average Bonchev–Trinajstić information content (AvgIpc) is 3.53. The molecule has 0 saturated heterocycles. The van der Waals surface area contributed by atoms with Crippen molar-refractivity contribution in [3.63, 3.8) is 0 Å². The van der Waals surface area contributed by atoms with Crippen molar-refractivity contribution < 1.29 is 28.9 Å². The molecule has 3 unspecified atom stereocenters. The molecule has 308 valence electrons. The van der Waals surface area contributed by atoms with Crippen molar-refractivity contribution in [1.82, 2.24) is 18.7 Å². The lowest BCUT2D eigenvalue weighted by molar-refractivity contribution is -0.147. The SMILES string of the molecule is Cc1c(C)c2c(c(C)c1OC(=O)CCC(=O)OCCO)CCC(C)(CCCC(C)CCCC(C)CCCC(C)C)O2.Cn1c(=O)c2c(ncn2C)n(C)c1=O. The number of hydrogen-bond donors (Lipinski definition) is 1. The summed E-state index contributed by atoms with van der Waals surface area (Å²) in [6.45, 7) is 17.4. The van der Waals surface area contributed by atoms with Crippen molar-refractivity contribution in [1.29, 1.82) is 0 Å². The summed E-state index contributed by atoms with van der Waals surface area (Å²) in [6, 6.07) is 0. The number of hydrogen-bond acceptors (Lipinski definition) is 9. The van der Waals surface area contributed by atoms with E-state index < -0.39 is 11.9 Å². The third-order valence-corrected chi connectivity index (χ3v) is 11.3. The third kappa shape index (κ3) is 12.5. The minimum absolute atomic E-state index is 0.0633. The van der Waals surface area contributed by atoms with E-state index in [1.54, 1.807) is 18.7 Å². The van der Waals surface area contributed by atoms with Crippen LogP contribution in [0.4, 0.5) is 0 Å². The minimum atomic E-state index is -0.518. The lowest BCUT2D eigenvalue weighted by Gasteiger charge is -2.38. The van der Waals surface area contributed by atoms with Gasteiger partial charge in [0.1, 0.15) is 23.7 Å². The molecule has 0 aliphatic carbocycles. The smallest absolute Gasteiger partial charge is 0.332 e. The van der Waals surface area contributed by atoms with Crippen LogP contribution in [-0.4, -0.2) is 54.5 Å². The summed E-state index contributed by atoms with van der Waals surface area (Å²) in [5.41, 5.74) is 3.96. The Hall–Kier alpha value is -3.93. The predicted molar refractivity (Wildman–Crippen MR) is 217 cm³/mol. The van der Waals surface area contributed by atoms with E-state index in [9.17, 15) is 19.2 Å².